The summed E-state index contributed by atoms with van der Waals surface area (Å²) in [6.07, 6.45) is 0. The maximum atomic E-state index is 12.9. The molecule has 4 amide bonds. The number of para-hydroxylation sites is 1. The van der Waals surface area contributed by atoms with E-state index in [9.17, 15) is 14.4 Å². The minimum atomic E-state index is -0.730. The first-order chi connectivity index (χ1) is 15.8. The third-order valence-electron chi connectivity index (χ3n) is 4.80. The highest BCUT2D eigenvalue weighted by Gasteiger charge is 2.18. The van der Waals surface area contributed by atoms with Crippen LogP contribution in [-0.4, -0.2) is 32.1 Å². The molecule has 0 aromatic heterocycles. The lowest BCUT2D eigenvalue weighted by molar-refractivity contribution is 0.100. The molecule has 0 spiro atoms. The highest BCUT2D eigenvalue weighted by Crippen LogP contribution is 2.33. The number of nitrogens with one attached hydrogen (secondary N) is 3. The van der Waals surface area contributed by atoms with E-state index in [1.165, 1.54) is 26.4 Å². The van der Waals surface area contributed by atoms with Gasteiger partial charge in [-0.05, 0) is 48.9 Å². The van der Waals surface area contributed by atoms with Crippen LogP contribution in [0.1, 0.15) is 26.3 Å². The van der Waals surface area contributed by atoms with Gasteiger partial charge in [-0.1, -0.05) is 18.2 Å². The van der Waals surface area contributed by atoms with Crippen molar-refractivity contribution in [2.45, 2.75) is 6.92 Å². The van der Waals surface area contributed by atoms with Crippen molar-refractivity contribution in [1.29, 1.82) is 0 Å². The highest BCUT2D eigenvalue weighted by molar-refractivity contribution is 6.10. The second-order valence-corrected chi connectivity index (χ2v) is 7.05. The lowest BCUT2D eigenvalue weighted by Gasteiger charge is -2.15. The summed E-state index contributed by atoms with van der Waals surface area (Å²) in [5.74, 6) is -0.544. The summed E-state index contributed by atoms with van der Waals surface area (Å²) in [6.45, 7) is 1.73. The van der Waals surface area contributed by atoms with E-state index in [1.54, 1.807) is 37.3 Å². The van der Waals surface area contributed by atoms with Gasteiger partial charge in [-0.25, -0.2) is 4.79 Å². The van der Waals surface area contributed by atoms with Crippen LogP contribution in [-0.2, 0) is 0 Å². The molecule has 0 bridgehead atoms. The maximum absolute atomic E-state index is 12.9. The Bertz CT molecular complexity index is 1190. The molecule has 0 saturated heterocycles. The van der Waals surface area contributed by atoms with Crippen LogP contribution < -0.4 is 31.2 Å². The Labute approximate surface area is 190 Å². The van der Waals surface area contributed by atoms with E-state index in [-0.39, 0.29) is 11.3 Å². The number of carbonyl (C=O) groups is 3. The molecule has 33 heavy (non-hydrogen) atoms. The van der Waals surface area contributed by atoms with Crippen LogP contribution in [0, 0.1) is 6.92 Å². The zero-order valence-corrected chi connectivity index (χ0v) is 18.4. The number of amides is 4. The third-order valence-corrected chi connectivity index (χ3v) is 4.80. The first-order valence-corrected chi connectivity index (χ1v) is 9.93. The molecule has 5 N–H and O–H groups in total. The summed E-state index contributed by atoms with van der Waals surface area (Å²) in [5, 5.41) is 8.14. The maximum Gasteiger partial charge on any atom is 0.323 e. The molecule has 0 radical (unpaired) electrons. The summed E-state index contributed by atoms with van der Waals surface area (Å²) in [6, 6.07) is 16.3. The van der Waals surface area contributed by atoms with Crippen molar-refractivity contribution in [3.8, 4) is 11.5 Å². The Morgan fingerprint density at radius 3 is 2.00 bits per heavy atom. The molecule has 3 aromatic carbocycles. The number of ether oxygens (including phenoxy) is 2. The Kier molecular flexibility index (Phi) is 7.14. The molecule has 0 atom stereocenters. The van der Waals surface area contributed by atoms with Gasteiger partial charge in [-0.2, -0.15) is 0 Å². The number of urea groups is 1. The van der Waals surface area contributed by atoms with E-state index in [0.717, 1.165) is 0 Å². The standard InChI is InChI=1S/C24H24N4O5/c1-14-11-16(27-24(31)26-15-7-5-4-6-8-15)9-10-17(14)23(30)28-19-13-21(33-3)20(32-2)12-18(19)22(25)29/h4-13H,1-3H3,(H2,25,29)(H,28,30)(H2,26,27,31). The van der Waals surface area contributed by atoms with Gasteiger partial charge < -0.3 is 31.2 Å². The molecule has 0 heterocycles. The molecule has 0 unspecified atom stereocenters. The number of hydrogen-bond donors (Lipinski definition) is 4. The van der Waals surface area contributed by atoms with E-state index in [4.69, 9.17) is 15.2 Å². The topological polar surface area (TPSA) is 132 Å². The molecule has 170 valence electrons. The Balaban J connectivity index is 1.77. The number of hydrogen-bond acceptors (Lipinski definition) is 5. The van der Waals surface area contributed by atoms with Crippen LogP contribution in [0.3, 0.4) is 0 Å². The third kappa shape index (κ3) is 5.59. The van der Waals surface area contributed by atoms with E-state index in [1.807, 2.05) is 18.2 Å². The van der Waals surface area contributed by atoms with Gasteiger partial charge in [0.05, 0.1) is 25.5 Å². The van der Waals surface area contributed by atoms with Gasteiger partial charge in [0, 0.05) is 23.0 Å². The molecular formula is C24H24N4O5. The van der Waals surface area contributed by atoms with Crippen LogP contribution >= 0.6 is 0 Å². The summed E-state index contributed by atoms with van der Waals surface area (Å²) in [4.78, 5) is 37.0. The van der Waals surface area contributed by atoms with Crippen molar-refractivity contribution < 1.29 is 23.9 Å². The van der Waals surface area contributed by atoms with Gasteiger partial charge in [0.1, 0.15) is 0 Å². The number of methoxy groups -OCH3 is 2. The fourth-order valence-corrected chi connectivity index (χ4v) is 3.19. The molecule has 0 aliphatic rings. The summed E-state index contributed by atoms with van der Waals surface area (Å²) in [5.41, 5.74) is 7.87. The zero-order chi connectivity index (χ0) is 24.0. The average Bonchev–Trinajstić information content (AvgIpc) is 2.79. The van der Waals surface area contributed by atoms with Gasteiger partial charge in [0.15, 0.2) is 11.5 Å². The molecule has 3 rings (SSSR count). The minimum absolute atomic E-state index is 0.0783. The Hall–Kier alpha value is -4.53. The minimum Gasteiger partial charge on any atom is -0.493 e. The summed E-state index contributed by atoms with van der Waals surface area (Å²) < 4.78 is 10.4. The quantitative estimate of drug-likeness (QED) is 0.434. The predicted octanol–water partition coefficient (Wildman–Crippen LogP) is 4.01. The lowest BCUT2D eigenvalue weighted by atomic mass is 10.1. The highest BCUT2D eigenvalue weighted by atomic mass is 16.5. The molecule has 0 fully saturated rings. The number of carbonyl (C=O) groups excluding carboxylic acids is 3. The number of nitrogens with two attached hydrogens (primary N) is 1. The van der Waals surface area contributed by atoms with Crippen molar-refractivity contribution in [2.75, 3.05) is 30.2 Å². The van der Waals surface area contributed by atoms with Gasteiger partial charge in [0.2, 0.25) is 0 Å². The SMILES string of the molecule is COc1cc(NC(=O)c2ccc(NC(=O)Nc3ccccc3)cc2C)c(C(N)=O)cc1OC. The van der Waals surface area contributed by atoms with Gasteiger partial charge in [-0.3, -0.25) is 9.59 Å². The lowest BCUT2D eigenvalue weighted by Crippen LogP contribution is -2.20. The van der Waals surface area contributed by atoms with Crippen LogP contribution in [0.5, 0.6) is 11.5 Å². The molecule has 0 saturated carbocycles. The number of benzene rings is 3. The van der Waals surface area contributed by atoms with Crippen LogP contribution in [0.2, 0.25) is 0 Å². The van der Waals surface area contributed by atoms with Gasteiger partial charge in [0.25, 0.3) is 11.8 Å². The monoisotopic (exact) mass is 448 g/mol. The second kappa shape index (κ2) is 10.2. The molecular weight excluding hydrogens is 424 g/mol. The first-order valence-electron chi connectivity index (χ1n) is 9.93. The first kappa shape index (κ1) is 23.1. The predicted molar refractivity (Wildman–Crippen MR) is 126 cm³/mol. The number of rotatable bonds is 7. The van der Waals surface area contributed by atoms with Crippen molar-refractivity contribution in [3.63, 3.8) is 0 Å². The van der Waals surface area contributed by atoms with Crippen LogP contribution in [0.25, 0.3) is 0 Å². The van der Waals surface area contributed by atoms with E-state index >= 15 is 0 Å². The molecule has 0 aliphatic heterocycles. The fraction of sp³-hybridized carbons (Fsp3) is 0.125. The Morgan fingerprint density at radius 1 is 0.758 bits per heavy atom. The average molecular weight is 448 g/mol. The zero-order valence-electron chi connectivity index (χ0n) is 18.4. The number of aryl methyl sites for hydroxylation is 1. The van der Waals surface area contributed by atoms with Crippen molar-refractivity contribution >= 4 is 34.9 Å². The molecule has 0 aliphatic carbocycles. The van der Waals surface area contributed by atoms with Gasteiger partial charge in [-0.15, -0.1) is 0 Å². The second-order valence-electron chi connectivity index (χ2n) is 7.05. The van der Waals surface area contributed by atoms with Crippen LogP contribution in [0.15, 0.2) is 60.7 Å². The number of anilines is 3. The van der Waals surface area contributed by atoms with E-state index in [2.05, 4.69) is 16.0 Å². The summed E-state index contributed by atoms with van der Waals surface area (Å²) in [7, 11) is 2.87. The molecule has 9 nitrogen and oxygen atoms in total. The fourth-order valence-electron chi connectivity index (χ4n) is 3.19. The van der Waals surface area contributed by atoms with E-state index in [0.29, 0.717) is 34.0 Å². The number of primary amides is 1. The van der Waals surface area contributed by atoms with E-state index < -0.39 is 17.8 Å². The molecule has 9 heteroatoms. The summed E-state index contributed by atoms with van der Waals surface area (Å²) >= 11 is 0. The van der Waals surface area contributed by atoms with Crippen molar-refractivity contribution in [1.82, 2.24) is 0 Å². The smallest absolute Gasteiger partial charge is 0.323 e. The van der Waals surface area contributed by atoms with Crippen molar-refractivity contribution in [2.24, 2.45) is 5.73 Å². The van der Waals surface area contributed by atoms with Crippen molar-refractivity contribution in [3.05, 3.63) is 77.4 Å². The Morgan fingerprint density at radius 2 is 1.39 bits per heavy atom. The normalized spacial score (nSPS) is 10.2. The van der Waals surface area contributed by atoms with Crippen LogP contribution in [0.4, 0.5) is 21.9 Å². The van der Waals surface area contributed by atoms with Gasteiger partial charge >= 0.3 is 6.03 Å². The largest absolute Gasteiger partial charge is 0.493 e. The molecule has 3 aromatic rings.